The third-order valence-electron chi connectivity index (χ3n) is 11.2. The molecule has 4 aliphatic rings. The molecule has 0 spiro atoms. The van der Waals surface area contributed by atoms with Gasteiger partial charge in [-0.2, -0.15) is 0 Å². The number of piperazine rings is 1. The maximum Gasteiger partial charge on any atom is 0.316 e. The molecule has 5 rings (SSSR count). The Hall–Kier alpha value is -1.97. The van der Waals surface area contributed by atoms with Crippen molar-refractivity contribution in [3.8, 4) is 0 Å². The van der Waals surface area contributed by atoms with Crippen LogP contribution in [0.4, 0.5) is 5.82 Å². The molecule has 3 saturated carbocycles. The van der Waals surface area contributed by atoms with E-state index < -0.39 is 23.0 Å². The summed E-state index contributed by atoms with van der Waals surface area (Å²) in [6, 6.07) is 1.99. The Bertz CT molecular complexity index is 1160. The number of thioether (sulfide) groups is 1. The molecule has 40 heavy (non-hydrogen) atoms. The van der Waals surface area contributed by atoms with Gasteiger partial charge < -0.3 is 20.1 Å². The number of esters is 1. The average molecular weight is 571 g/mol. The van der Waals surface area contributed by atoms with E-state index in [0.29, 0.717) is 18.0 Å². The number of carbonyl (C=O) groups is 2. The maximum absolute atomic E-state index is 13.6. The highest BCUT2D eigenvalue weighted by molar-refractivity contribution is 7.99. The molecule has 220 valence electrons. The standard InChI is InChI=1S/C31H46N4O4S/c1-7-29(5)17-23(30(6)19(2)8-10-31(21(4)27(29)38)11-9-22(36)26(30)31)39-25(37)18-40-28-33-20(3)16-24(34-28)35-14-12-32-13-15-35/h7,16,19,21,23,26-27,32,38H,1,8-15,17-18H2,2-6H3/t19-,21+,23-,26+,27+,29-,30-,31+/m1/s1. The van der Waals surface area contributed by atoms with Gasteiger partial charge >= 0.3 is 5.97 Å². The largest absolute Gasteiger partial charge is 0.461 e. The molecule has 1 aliphatic heterocycles. The summed E-state index contributed by atoms with van der Waals surface area (Å²) in [5, 5.41) is 15.6. The van der Waals surface area contributed by atoms with E-state index in [4.69, 9.17) is 9.72 Å². The summed E-state index contributed by atoms with van der Waals surface area (Å²) in [4.78, 5) is 38.6. The lowest BCUT2D eigenvalue weighted by Gasteiger charge is -2.61. The third kappa shape index (κ3) is 4.90. The normalized spacial score (nSPS) is 39.7. The highest BCUT2D eigenvalue weighted by atomic mass is 32.2. The van der Waals surface area contributed by atoms with Crippen LogP contribution in [0.15, 0.2) is 23.9 Å². The van der Waals surface area contributed by atoms with Crippen LogP contribution in [-0.2, 0) is 14.3 Å². The van der Waals surface area contributed by atoms with Gasteiger partial charge in [0, 0.05) is 61.1 Å². The number of nitrogens with one attached hydrogen (secondary N) is 1. The van der Waals surface area contributed by atoms with E-state index in [1.54, 1.807) is 0 Å². The quantitative estimate of drug-likeness (QED) is 0.225. The van der Waals surface area contributed by atoms with Crippen LogP contribution in [0, 0.1) is 40.9 Å². The Morgan fingerprint density at radius 2 is 2.00 bits per heavy atom. The van der Waals surface area contributed by atoms with Crippen LogP contribution in [-0.4, -0.2) is 71.0 Å². The molecule has 2 N–H and O–H groups in total. The molecule has 0 aromatic carbocycles. The maximum atomic E-state index is 13.6. The predicted molar refractivity (Wildman–Crippen MR) is 157 cm³/mol. The SMILES string of the molecule is C=C[C@]1(C)C[C@@H](OC(=O)CSc2nc(C)cc(N3CCNCC3)n2)[C@@]2(C)[C@H](C)CC[C@]3(CCC(=O)[C@H]32)[C@@H](C)[C@@H]1O. The number of aromatic nitrogens is 2. The van der Waals surface area contributed by atoms with E-state index >= 15 is 0 Å². The summed E-state index contributed by atoms with van der Waals surface area (Å²) in [6.45, 7) is 18.2. The number of aryl methyl sites for hydroxylation is 1. The number of hydrogen-bond acceptors (Lipinski definition) is 9. The average Bonchev–Trinajstić information content (AvgIpc) is 3.30. The Kier molecular flexibility index (Phi) is 8.14. The van der Waals surface area contributed by atoms with Crippen molar-refractivity contribution in [1.82, 2.24) is 15.3 Å². The fourth-order valence-corrected chi connectivity index (χ4v) is 9.14. The van der Waals surface area contributed by atoms with E-state index in [9.17, 15) is 14.7 Å². The molecule has 1 saturated heterocycles. The van der Waals surface area contributed by atoms with Gasteiger partial charge in [-0.3, -0.25) is 9.59 Å². The number of hydrogen-bond donors (Lipinski definition) is 2. The first-order chi connectivity index (χ1) is 18.9. The highest BCUT2D eigenvalue weighted by Gasteiger charge is 2.68. The van der Waals surface area contributed by atoms with E-state index in [0.717, 1.165) is 57.0 Å². The molecule has 3 aliphatic carbocycles. The van der Waals surface area contributed by atoms with Crippen LogP contribution in [0.25, 0.3) is 0 Å². The Labute approximate surface area is 243 Å². The lowest BCUT2D eigenvalue weighted by atomic mass is 9.44. The van der Waals surface area contributed by atoms with Crippen molar-refractivity contribution in [3.63, 3.8) is 0 Å². The van der Waals surface area contributed by atoms with Gasteiger partial charge in [-0.15, -0.1) is 6.58 Å². The number of carbonyl (C=O) groups excluding carboxylic acids is 2. The van der Waals surface area contributed by atoms with Crippen molar-refractivity contribution < 1.29 is 19.4 Å². The van der Waals surface area contributed by atoms with Crippen LogP contribution < -0.4 is 10.2 Å². The third-order valence-corrected chi connectivity index (χ3v) is 12.0. The predicted octanol–water partition coefficient (Wildman–Crippen LogP) is 4.19. The Morgan fingerprint density at radius 1 is 1.27 bits per heavy atom. The molecule has 1 aromatic heterocycles. The molecule has 8 atom stereocenters. The van der Waals surface area contributed by atoms with Gasteiger partial charge in [-0.05, 0) is 49.9 Å². The first kappa shape index (κ1) is 29.5. The minimum absolute atomic E-state index is 0.0469. The lowest BCUT2D eigenvalue weighted by Crippen LogP contribution is -2.63. The van der Waals surface area contributed by atoms with Crippen LogP contribution in [0.3, 0.4) is 0 Å². The van der Waals surface area contributed by atoms with Crippen LogP contribution >= 0.6 is 11.8 Å². The van der Waals surface area contributed by atoms with Crippen molar-refractivity contribution in [2.75, 3.05) is 36.8 Å². The monoisotopic (exact) mass is 570 g/mol. The van der Waals surface area contributed by atoms with E-state index in [-0.39, 0.29) is 40.7 Å². The highest BCUT2D eigenvalue weighted by Crippen LogP contribution is 2.68. The molecule has 0 unspecified atom stereocenters. The summed E-state index contributed by atoms with van der Waals surface area (Å²) in [5.41, 5.74) is -0.571. The van der Waals surface area contributed by atoms with Gasteiger partial charge in [0.1, 0.15) is 17.7 Å². The van der Waals surface area contributed by atoms with E-state index in [1.165, 1.54) is 11.8 Å². The van der Waals surface area contributed by atoms with Crippen LogP contribution in [0.2, 0.25) is 0 Å². The van der Waals surface area contributed by atoms with Gasteiger partial charge in [0.05, 0.1) is 11.9 Å². The zero-order valence-corrected chi connectivity index (χ0v) is 25.6. The molecular formula is C31H46N4O4S. The summed E-state index contributed by atoms with van der Waals surface area (Å²) in [5.74, 6) is 0.821. The lowest BCUT2D eigenvalue weighted by molar-refractivity contribution is -0.205. The Morgan fingerprint density at radius 3 is 2.70 bits per heavy atom. The number of anilines is 1. The summed E-state index contributed by atoms with van der Waals surface area (Å²) in [6.07, 6.45) is 4.29. The van der Waals surface area contributed by atoms with E-state index in [2.05, 4.69) is 42.6 Å². The smallest absolute Gasteiger partial charge is 0.316 e. The van der Waals surface area contributed by atoms with Gasteiger partial charge in [-0.25, -0.2) is 9.97 Å². The number of rotatable bonds is 6. The molecule has 8 nitrogen and oxygen atoms in total. The Balaban J connectivity index is 1.40. The van der Waals surface area contributed by atoms with Gasteiger partial charge in [0.25, 0.3) is 0 Å². The van der Waals surface area contributed by atoms with Crippen molar-refractivity contribution in [1.29, 1.82) is 0 Å². The second-order valence-corrected chi connectivity index (χ2v) is 14.2. The first-order valence-corrected chi connectivity index (χ1v) is 15.9. The molecule has 0 amide bonds. The van der Waals surface area contributed by atoms with Crippen LogP contribution in [0.5, 0.6) is 0 Å². The molecule has 9 heteroatoms. The van der Waals surface area contributed by atoms with Crippen molar-refractivity contribution in [2.24, 2.45) is 34.0 Å². The van der Waals surface area contributed by atoms with Crippen molar-refractivity contribution in [2.45, 2.75) is 84.1 Å². The van der Waals surface area contributed by atoms with Crippen molar-refractivity contribution >= 4 is 29.3 Å². The van der Waals surface area contributed by atoms with Gasteiger partial charge in [0.15, 0.2) is 5.16 Å². The minimum Gasteiger partial charge on any atom is -0.461 e. The van der Waals surface area contributed by atoms with Gasteiger partial charge in [-0.1, -0.05) is 45.5 Å². The van der Waals surface area contributed by atoms with Crippen molar-refractivity contribution in [3.05, 3.63) is 24.4 Å². The molecule has 0 radical (unpaired) electrons. The summed E-state index contributed by atoms with van der Waals surface area (Å²) in [7, 11) is 0. The second-order valence-electron chi connectivity index (χ2n) is 13.2. The summed E-state index contributed by atoms with van der Waals surface area (Å²) < 4.78 is 6.37. The summed E-state index contributed by atoms with van der Waals surface area (Å²) >= 11 is 1.29. The van der Waals surface area contributed by atoms with Gasteiger partial charge in [0.2, 0.25) is 0 Å². The minimum atomic E-state index is -0.670. The first-order valence-electron chi connectivity index (χ1n) is 14.9. The number of ketones is 1. The molecule has 2 bridgehead atoms. The molecular weight excluding hydrogens is 524 g/mol. The topological polar surface area (TPSA) is 105 Å². The number of nitrogens with zero attached hydrogens (tertiary/aromatic N) is 3. The fraction of sp³-hybridized carbons (Fsp3) is 0.742. The van der Waals surface area contributed by atoms with E-state index in [1.807, 2.05) is 26.0 Å². The molecule has 1 aromatic rings. The second kappa shape index (κ2) is 11.0. The number of aliphatic hydroxyl groups is 1. The van der Waals surface area contributed by atoms with Crippen LogP contribution in [0.1, 0.15) is 65.5 Å². The zero-order chi connectivity index (χ0) is 28.9. The number of aliphatic hydroxyl groups excluding tert-OH is 1. The fourth-order valence-electron chi connectivity index (χ4n) is 8.46. The molecule has 4 fully saturated rings. The number of ether oxygens (including phenoxy) is 1. The number of Topliss-reactive ketones (excluding diaryl/α,β-unsaturated/α-hetero) is 1. The zero-order valence-electron chi connectivity index (χ0n) is 24.7. The molecule has 2 heterocycles.